The largest absolute Gasteiger partial charge is 0.438 e. The van der Waals surface area contributed by atoms with Gasteiger partial charge in [0.1, 0.15) is 11.3 Å². The third kappa shape index (κ3) is 5.25. The molecule has 0 aliphatic carbocycles. The van der Waals surface area contributed by atoms with Gasteiger partial charge in [-0.2, -0.15) is 13.2 Å². The molecule has 0 bridgehead atoms. The minimum Gasteiger partial charge on any atom is -0.438 e. The van der Waals surface area contributed by atoms with E-state index in [9.17, 15) is 13.2 Å². The molecule has 0 N–H and O–H groups in total. The maximum atomic E-state index is 12.9. The molecule has 1 aromatic carbocycles. The molecule has 124 valence electrons. The van der Waals surface area contributed by atoms with Crippen LogP contribution in [0.4, 0.5) is 13.2 Å². The molecule has 0 saturated heterocycles. The molecule has 0 unspecified atom stereocenters. The van der Waals surface area contributed by atoms with Crippen LogP contribution in [0.15, 0.2) is 42.6 Å². The fourth-order valence-corrected chi connectivity index (χ4v) is 2.12. The van der Waals surface area contributed by atoms with Crippen LogP contribution < -0.4 is 4.74 Å². The second-order valence-electron chi connectivity index (χ2n) is 5.51. The van der Waals surface area contributed by atoms with Gasteiger partial charge in [0.2, 0.25) is 5.88 Å². The minimum absolute atomic E-state index is 0.338. The van der Waals surface area contributed by atoms with E-state index >= 15 is 0 Å². The van der Waals surface area contributed by atoms with Crippen LogP contribution in [0.1, 0.15) is 17.5 Å². The second kappa shape index (κ2) is 7.46. The van der Waals surface area contributed by atoms with E-state index in [-0.39, 0.29) is 0 Å². The molecule has 0 aliphatic rings. The summed E-state index contributed by atoms with van der Waals surface area (Å²) in [5.41, 5.74) is 0.242. The van der Waals surface area contributed by atoms with Crippen LogP contribution >= 0.6 is 0 Å². The van der Waals surface area contributed by atoms with Crippen LogP contribution in [-0.2, 0) is 12.6 Å². The summed E-state index contributed by atoms with van der Waals surface area (Å²) in [6.45, 7) is 0.987. The smallest absolute Gasteiger partial charge is 0.421 e. The van der Waals surface area contributed by atoms with Crippen molar-refractivity contribution in [1.82, 2.24) is 9.88 Å². The van der Waals surface area contributed by atoms with Crippen LogP contribution in [-0.4, -0.2) is 30.5 Å². The average Bonchev–Trinajstić information content (AvgIpc) is 2.48. The van der Waals surface area contributed by atoms with Gasteiger partial charge in [0.25, 0.3) is 0 Å². The molecule has 0 amide bonds. The molecule has 0 radical (unpaired) electrons. The van der Waals surface area contributed by atoms with E-state index < -0.39 is 17.6 Å². The van der Waals surface area contributed by atoms with Gasteiger partial charge in [0.15, 0.2) is 0 Å². The zero-order valence-electron chi connectivity index (χ0n) is 13.1. The lowest BCUT2D eigenvalue weighted by Gasteiger charge is -2.12. The predicted octanol–water partition coefficient (Wildman–Crippen LogP) is 4.39. The zero-order valence-corrected chi connectivity index (χ0v) is 13.1. The fraction of sp³-hybridized carbons (Fsp3) is 0.353. The van der Waals surface area contributed by atoms with Gasteiger partial charge in [-0.05, 0) is 63.3 Å². The van der Waals surface area contributed by atoms with Crippen molar-refractivity contribution in [3.8, 4) is 11.6 Å². The van der Waals surface area contributed by atoms with Crippen molar-refractivity contribution < 1.29 is 17.9 Å². The second-order valence-corrected chi connectivity index (χ2v) is 5.51. The number of hydrogen-bond acceptors (Lipinski definition) is 3. The van der Waals surface area contributed by atoms with E-state index in [1.165, 1.54) is 12.3 Å². The number of alkyl halides is 3. The molecule has 3 nitrogen and oxygen atoms in total. The van der Waals surface area contributed by atoms with Gasteiger partial charge in [0, 0.05) is 6.20 Å². The molecule has 6 heteroatoms. The topological polar surface area (TPSA) is 25.4 Å². The number of aromatic nitrogens is 1. The fourth-order valence-electron chi connectivity index (χ4n) is 2.12. The molecule has 23 heavy (non-hydrogen) atoms. The van der Waals surface area contributed by atoms with E-state index in [1.54, 1.807) is 12.1 Å². The number of halogens is 3. The van der Waals surface area contributed by atoms with Crippen LogP contribution in [0.25, 0.3) is 0 Å². The van der Waals surface area contributed by atoms with Gasteiger partial charge in [-0.3, -0.25) is 0 Å². The predicted molar refractivity (Wildman–Crippen MR) is 82.6 cm³/mol. The summed E-state index contributed by atoms with van der Waals surface area (Å²) in [6, 6.07) is 9.25. The Morgan fingerprint density at radius 1 is 1.09 bits per heavy atom. The first-order valence-corrected chi connectivity index (χ1v) is 7.30. The van der Waals surface area contributed by atoms with Gasteiger partial charge in [-0.25, -0.2) is 4.98 Å². The van der Waals surface area contributed by atoms with Crippen molar-refractivity contribution >= 4 is 0 Å². The summed E-state index contributed by atoms with van der Waals surface area (Å²) in [7, 11) is 4.03. The Morgan fingerprint density at radius 3 is 2.39 bits per heavy atom. The normalized spacial score (nSPS) is 11.7. The number of pyridine rings is 1. The van der Waals surface area contributed by atoms with Gasteiger partial charge in [-0.1, -0.05) is 12.1 Å². The summed E-state index contributed by atoms with van der Waals surface area (Å²) in [6.07, 6.45) is -1.28. The molecule has 1 aromatic heterocycles. The van der Waals surface area contributed by atoms with E-state index in [0.29, 0.717) is 5.75 Å². The van der Waals surface area contributed by atoms with Crippen molar-refractivity contribution in [3.63, 3.8) is 0 Å². The molecule has 0 saturated carbocycles. The number of ether oxygens (including phenoxy) is 1. The average molecular weight is 324 g/mol. The highest BCUT2D eigenvalue weighted by Crippen LogP contribution is 2.36. The Hall–Kier alpha value is -2.08. The number of nitrogens with zero attached hydrogens (tertiary/aromatic N) is 2. The lowest BCUT2D eigenvalue weighted by atomic mass is 10.1. The number of aryl methyl sites for hydroxylation is 1. The lowest BCUT2D eigenvalue weighted by Crippen LogP contribution is -2.13. The summed E-state index contributed by atoms with van der Waals surface area (Å²) in [5.74, 6) is -0.0917. The van der Waals surface area contributed by atoms with Crippen LogP contribution in [0.5, 0.6) is 11.6 Å². The third-order valence-electron chi connectivity index (χ3n) is 3.29. The van der Waals surface area contributed by atoms with Crippen molar-refractivity contribution in [2.24, 2.45) is 0 Å². The Labute approximate surface area is 133 Å². The zero-order chi connectivity index (χ0) is 16.9. The van der Waals surface area contributed by atoms with Crippen molar-refractivity contribution in [3.05, 3.63) is 53.7 Å². The first-order valence-electron chi connectivity index (χ1n) is 7.30. The Kier molecular flexibility index (Phi) is 5.60. The van der Waals surface area contributed by atoms with Crippen LogP contribution in [0.2, 0.25) is 0 Å². The summed E-state index contributed by atoms with van der Waals surface area (Å²) >= 11 is 0. The maximum Gasteiger partial charge on any atom is 0.421 e. The number of rotatable bonds is 6. The van der Waals surface area contributed by atoms with Gasteiger partial charge >= 0.3 is 6.18 Å². The Morgan fingerprint density at radius 2 is 1.78 bits per heavy atom. The summed E-state index contributed by atoms with van der Waals surface area (Å²) in [4.78, 5) is 5.79. The molecule has 0 aliphatic heterocycles. The van der Waals surface area contributed by atoms with Crippen molar-refractivity contribution in [2.45, 2.75) is 19.0 Å². The Balaban J connectivity index is 2.04. The quantitative estimate of drug-likeness (QED) is 0.788. The summed E-state index contributed by atoms with van der Waals surface area (Å²) in [5, 5.41) is 0. The lowest BCUT2D eigenvalue weighted by molar-refractivity contribution is -0.138. The monoisotopic (exact) mass is 324 g/mol. The molecule has 0 spiro atoms. The molecular weight excluding hydrogens is 305 g/mol. The molecule has 1 heterocycles. The third-order valence-corrected chi connectivity index (χ3v) is 3.29. The standard InChI is InChI=1S/C17H19F3N2O/c1-22(2)12-4-5-13-7-9-14(10-8-13)23-16-15(17(18,19)20)6-3-11-21-16/h3,6-11H,4-5,12H2,1-2H3. The van der Waals surface area contributed by atoms with Gasteiger partial charge in [-0.15, -0.1) is 0 Å². The van der Waals surface area contributed by atoms with Crippen molar-refractivity contribution in [1.29, 1.82) is 0 Å². The molecule has 2 rings (SSSR count). The minimum atomic E-state index is -4.49. The van der Waals surface area contributed by atoms with Gasteiger partial charge in [0.05, 0.1) is 0 Å². The maximum absolute atomic E-state index is 12.9. The first kappa shape index (κ1) is 17.3. The van der Waals surface area contributed by atoms with Crippen LogP contribution in [0, 0.1) is 0 Å². The highest BCUT2D eigenvalue weighted by molar-refractivity contribution is 5.35. The highest BCUT2D eigenvalue weighted by atomic mass is 19.4. The highest BCUT2D eigenvalue weighted by Gasteiger charge is 2.35. The SMILES string of the molecule is CN(C)CCCc1ccc(Oc2ncccc2C(F)(F)F)cc1. The van der Waals surface area contributed by atoms with E-state index in [1.807, 2.05) is 26.2 Å². The molecule has 2 aromatic rings. The number of benzene rings is 1. The van der Waals surface area contributed by atoms with Crippen LogP contribution in [0.3, 0.4) is 0 Å². The molecule has 0 fully saturated rings. The first-order chi connectivity index (χ1) is 10.9. The Bertz CT molecular complexity index is 624. The van der Waals surface area contributed by atoms with E-state index in [2.05, 4.69) is 9.88 Å². The van der Waals surface area contributed by atoms with Crippen molar-refractivity contribution in [2.75, 3.05) is 20.6 Å². The number of hydrogen-bond donors (Lipinski definition) is 0. The van der Waals surface area contributed by atoms with Gasteiger partial charge < -0.3 is 9.64 Å². The summed E-state index contributed by atoms with van der Waals surface area (Å²) < 4.78 is 44.0. The molecule has 0 atom stereocenters. The molecular formula is C17H19F3N2O. The van der Waals surface area contributed by atoms with E-state index in [0.717, 1.165) is 31.0 Å². The van der Waals surface area contributed by atoms with E-state index in [4.69, 9.17) is 4.74 Å².